The third-order valence-corrected chi connectivity index (χ3v) is 5.24. The standard InChI is InChI=1S/C21H23NO4/c1-26-18-10-6-5-7-16(18)15-19(23)22-13-11-21(12-14-22,20(24)25)17-8-3-2-4-9-17/h2-10H,11-15H2,1H3,(H,24,25). The van der Waals surface area contributed by atoms with Gasteiger partial charge < -0.3 is 14.7 Å². The maximum absolute atomic E-state index is 12.7. The lowest BCUT2D eigenvalue weighted by Crippen LogP contribution is -2.49. The first-order chi connectivity index (χ1) is 12.6. The zero-order valence-electron chi connectivity index (χ0n) is 14.9. The summed E-state index contributed by atoms with van der Waals surface area (Å²) in [6, 6.07) is 16.8. The Morgan fingerprint density at radius 3 is 2.27 bits per heavy atom. The Kier molecular flexibility index (Phi) is 5.26. The molecule has 5 nitrogen and oxygen atoms in total. The van der Waals surface area contributed by atoms with Gasteiger partial charge in [-0.05, 0) is 24.5 Å². The molecule has 2 aromatic carbocycles. The van der Waals surface area contributed by atoms with Gasteiger partial charge in [0.2, 0.25) is 5.91 Å². The van der Waals surface area contributed by atoms with Gasteiger partial charge in [-0.1, -0.05) is 48.5 Å². The van der Waals surface area contributed by atoms with Crippen LogP contribution < -0.4 is 4.74 Å². The minimum atomic E-state index is -0.914. The van der Waals surface area contributed by atoms with Gasteiger partial charge in [0, 0.05) is 18.7 Å². The molecule has 136 valence electrons. The van der Waals surface area contributed by atoms with Crippen molar-refractivity contribution >= 4 is 11.9 Å². The van der Waals surface area contributed by atoms with Crippen LogP contribution in [-0.2, 0) is 21.4 Å². The molecule has 0 aromatic heterocycles. The number of aliphatic carboxylic acids is 1. The Bertz CT molecular complexity index is 780. The lowest BCUT2D eigenvalue weighted by molar-refractivity contribution is -0.148. The number of hydrogen-bond acceptors (Lipinski definition) is 3. The van der Waals surface area contributed by atoms with Gasteiger partial charge in [-0.3, -0.25) is 9.59 Å². The maximum atomic E-state index is 12.7. The number of carbonyl (C=O) groups is 2. The molecule has 1 heterocycles. The molecule has 1 fully saturated rings. The van der Waals surface area contributed by atoms with E-state index in [0.717, 1.165) is 11.1 Å². The van der Waals surface area contributed by atoms with E-state index in [1.165, 1.54) is 0 Å². The Balaban J connectivity index is 1.71. The summed E-state index contributed by atoms with van der Waals surface area (Å²) >= 11 is 0. The van der Waals surface area contributed by atoms with Crippen LogP contribution in [0, 0.1) is 0 Å². The number of piperidine rings is 1. The fourth-order valence-electron chi connectivity index (χ4n) is 3.64. The van der Waals surface area contributed by atoms with Crippen molar-refractivity contribution in [1.29, 1.82) is 0 Å². The molecule has 0 spiro atoms. The molecule has 1 saturated heterocycles. The number of carboxylic acids is 1. The third kappa shape index (κ3) is 3.43. The fraction of sp³-hybridized carbons (Fsp3) is 0.333. The predicted octanol–water partition coefficient (Wildman–Crippen LogP) is 2.88. The van der Waals surface area contributed by atoms with Crippen LogP contribution in [-0.4, -0.2) is 42.1 Å². The number of benzene rings is 2. The average molecular weight is 353 g/mol. The van der Waals surface area contributed by atoms with E-state index in [2.05, 4.69) is 0 Å². The van der Waals surface area contributed by atoms with Gasteiger partial charge in [-0.15, -0.1) is 0 Å². The molecule has 3 rings (SSSR count). The van der Waals surface area contributed by atoms with Crippen LogP contribution in [0.5, 0.6) is 5.75 Å². The van der Waals surface area contributed by atoms with Crippen molar-refractivity contribution < 1.29 is 19.4 Å². The summed E-state index contributed by atoms with van der Waals surface area (Å²) in [6.45, 7) is 0.879. The highest BCUT2D eigenvalue weighted by Gasteiger charge is 2.43. The predicted molar refractivity (Wildman–Crippen MR) is 98.3 cm³/mol. The highest BCUT2D eigenvalue weighted by molar-refractivity contribution is 5.83. The average Bonchev–Trinajstić information content (AvgIpc) is 2.69. The Morgan fingerprint density at radius 2 is 1.65 bits per heavy atom. The summed E-state index contributed by atoms with van der Waals surface area (Å²) in [6.07, 6.45) is 1.10. The molecule has 0 aliphatic carbocycles. The quantitative estimate of drug-likeness (QED) is 0.898. The number of hydrogen-bond donors (Lipinski definition) is 1. The molecule has 1 aliphatic heterocycles. The first-order valence-corrected chi connectivity index (χ1v) is 8.75. The molecule has 0 atom stereocenters. The SMILES string of the molecule is COc1ccccc1CC(=O)N1CCC(C(=O)O)(c2ccccc2)CC1. The van der Waals surface area contributed by atoms with E-state index >= 15 is 0 Å². The first-order valence-electron chi connectivity index (χ1n) is 8.75. The van der Waals surface area contributed by atoms with Gasteiger partial charge in [0.25, 0.3) is 0 Å². The van der Waals surface area contributed by atoms with Gasteiger partial charge in [0.15, 0.2) is 0 Å². The van der Waals surface area contributed by atoms with Crippen LogP contribution in [0.3, 0.4) is 0 Å². The van der Waals surface area contributed by atoms with Crippen LogP contribution in [0.15, 0.2) is 54.6 Å². The normalized spacial score (nSPS) is 16.1. The Hall–Kier alpha value is -2.82. The Labute approximate surface area is 153 Å². The van der Waals surface area contributed by atoms with Crippen molar-refractivity contribution in [2.45, 2.75) is 24.7 Å². The number of likely N-dealkylation sites (tertiary alicyclic amines) is 1. The molecule has 0 saturated carbocycles. The smallest absolute Gasteiger partial charge is 0.314 e. The van der Waals surface area contributed by atoms with Crippen molar-refractivity contribution in [3.63, 3.8) is 0 Å². The number of rotatable bonds is 5. The zero-order valence-corrected chi connectivity index (χ0v) is 14.9. The summed E-state index contributed by atoms with van der Waals surface area (Å²) in [4.78, 5) is 26.4. The second kappa shape index (κ2) is 7.60. The zero-order chi connectivity index (χ0) is 18.6. The maximum Gasteiger partial charge on any atom is 0.314 e. The number of carboxylic acid groups (broad SMARTS) is 1. The van der Waals surface area contributed by atoms with Crippen molar-refractivity contribution in [3.8, 4) is 5.75 Å². The van der Waals surface area contributed by atoms with Gasteiger partial charge >= 0.3 is 5.97 Å². The molecule has 1 amide bonds. The van der Waals surface area contributed by atoms with Gasteiger partial charge in [0.1, 0.15) is 5.75 Å². The molecule has 5 heteroatoms. The minimum absolute atomic E-state index is 0.00144. The molecule has 0 radical (unpaired) electrons. The summed E-state index contributed by atoms with van der Waals surface area (Å²) in [5.41, 5.74) is 0.741. The van der Waals surface area contributed by atoms with Crippen LogP contribution in [0.2, 0.25) is 0 Å². The molecule has 26 heavy (non-hydrogen) atoms. The van der Waals surface area contributed by atoms with Crippen LogP contribution in [0.4, 0.5) is 0 Å². The molecular weight excluding hydrogens is 330 g/mol. The third-order valence-electron chi connectivity index (χ3n) is 5.24. The van der Waals surface area contributed by atoms with E-state index in [9.17, 15) is 14.7 Å². The number of para-hydroxylation sites is 1. The second-order valence-corrected chi connectivity index (χ2v) is 6.62. The number of amides is 1. The summed E-state index contributed by atoms with van der Waals surface area (Å²) in [7, 11) is 1.59. The minimum Gasteiger partial charge on any atom is -0.496 e. The van der Waals surface area contributed by atoms with Crippen molar-refractivity contribution in [3.05, 3.63) is 65.7 Å². The Morgan fingerprint density at radius 1 is 1.04 bits per heavy atom. The molecule has 1 aliphatic rings. The van der Waals surface area contributed by atoms with Crippen molar-refractivity contribution in [2.75, 3.05) is 20.2 Å². The number of carbonyl (C=O) groups excluding carboxylic acids is 1. The second-order valence-electron chi connectivity index (χ2n) is 6.62. The van der Waals surface area contributed by atoms with E-state index in [1.807, 2.05) is 54.6 Å². The number of methoxy groups -OCH3 is 1. The summed E-state index contributed by atoms with van der Waals surface area (Å²) in [5.74, 6) is -0.121. The molecule has 2 aromatic rings. The monoisotopic (exact) mass is 353 g/mol. The largest absolute Gasteiger partial charge is 0.496 e. The van der Waals surface area contributed by atoms with E-state index in [1.54, 1.807) is 12.0 Å². The molecule has 0 unspecified atom stereocenters. The van der Waals surface area contributed by atoms with E-state index in [-0.39, 0.29) is 12.3 Å². The van der Waals surface area contributed by atoms with Crippen molar-refractivity contribution in [2.24, 2.45) is 0 Å². The highest BCUT2D eigenvalue weighted by Crippen LogP contribution is 2.36. The van der Waals surface area contributed by atoms with Gasteiger partial charge in [0.05, 0.1) is 18.9 Å². The van der Waals surface area contributed by atoms with Crippen LogP contribution >= 0.6 is 0 Å². The van der Waals surface area contributed by atoms with E-state index in [0.29, 0.717) is 31.7 Å². The summed E-state index contributed by atoms with van der Waals surface area (Å²) in [5, 5.41) is 9.85. The molecule has 0 bridgehead atoms. The van der Waals surface area contributed by atoms with Crippen molar-refractivity contribution in [1.82, 2.24) is 4.90 Å². The fourth-order valence-corrected chi connectivity index (χ4v) is 3.64. The number of nitrogens with zero attached hydrogens (tertiary/aromatic N) is 1. The lowest BCUT2D eigenvalue weighted by Gasteiger charge is -2.39. The van der Waals surface area contributed by atoms with Gasteiger partial charge in [-0.25, -0.2) is 0 Å². The first kappa shape index (κ1) is 18.0. The van der Waals surface area contributed by atoms with Crippen LogP contribution in [0.1, 0.15) is 24.0 Å². The van der Waals surface area contributed by atoms with Crippen LogP contribution in [0.25, 0.3) is 0 Å². The van der Waals surface area contributed by atoms with Gasteiger partial charge in [-0.2, -0.15) is 0 Å². The van der Waals surface area contributed by atoms with E-state index < -0.39 is 11.4 Å². The molecule has 1 N–H and O–H groups in total. The number of ether oxygens (including phenoxy) is 1. The molecular formula is C21H23NO4. The lowest BCUT2D eigenvalue weighted by atomic mass is 9.73. The summed E-state index contributed by atoms with van der Waals surface area (Å²) < 4.78 is 5.31. The highest BCUT2D eigenvalue weighted by atomic mass is 16.5. The topological polar surface area (TPSA) is 66.8 Å². The van der Waals surface area contributed by atoms with E-state index in [4.69, 9.17) is 4.74 Å².